The van der Waals surface area contributed by atoms with Crippen molar-refractivity contribution >= 4 is 11.6 Å². The number of carbonyl (C=O) groups is 2. The summed E-state index contributed by atoms with van der Waals surface area (Å²) in [5.74, 6) is 0.341. The number of hydrogen-bond acceptors (Lipinski definition) is 2. The van der Waals surface area contributed by atoms with Gasteiger partial charge < -0.3 is 0 Å². The van der Waals surface area contributed by atoms with E-state index in [2.05, 4.69) is 30.3 Å². The lowest BCUT2D eigenvalue weighted by Gasteiger charge is -2.38. The zero-order valence-corrected chi connectivity index (χ0v) is 11.2. The van der Waals surface area contributed by atoms with Crippen molar-refractivity contribution in [3.8, 4) is 0 Å². The fraction of sp³-hybridized carbons (Fsp3) is 0.333. The van der Waals surface area contributed by atoms with Crippen molar-refractivity contribution in [2.75, 3.05) is 0 Å². The average molecular weight is 264 g/mol. The molecule has 0 amide bonds. The predicted molar refractivity (Wildman–Crippen MR) is 76.2 cm³/mol. The largest absolute Gasteiger partial charge is 0.295 e. The Bertz CT molecular complexity index is 666. The first kappa shape index (κ1) is 11.8. The minimum atomic E-state index is -0.205. The van der Waals surface area contributed by atoms with Gasteiger partial charge in [0.05, 0.1) is 5.92 Å². The first-order valence-electron chi connectivity index (χ1n) is 7.25. The van der Waals surface area contributed by atoms with Crippen LogP contribution in [0.1, 0.15) is 17.5 Å². The Morgan fingerprint density at radius 1 is 0.950 bits per heavy atom. The number of hydrogen-bond donors (Lipinski definition) is 0. The predicted octanol–water partition coefficient (Wildman–Crippen LogP) is 2.67. The molecule has 0 fully saturated rings. The van der Waals surface area contributed by atoms with Crippen LogP contribution in [-0.2, 0) is 22.4 Å². The minimum Gasteiger partial charge on any atom is -0.295 e. The molecule has 2 nitrogen and oxygen atoms in total. The highest BCUT2D eigenvalue weighted by atomic mass is 16.1. The van der Waals surface area contributed by atoms with Gasteiger partial charge in [-0.05, 0) is 48.5 Å². The average Bonchev–Trinajstić information content (AvgIpc) is 2.47. The maximum absolute atomic E-state index is 12.0. The van der Waals surface area contributed by atoms with E-state index in [9.17, 15) is 9.59 Å². The van der Waals surface area contributed by atoms with Gasteiger partial charge in [-0.1, -0.05) is 35.9 Å². The van der Waals surface area contributed by atoms with E-state index >= 15 is 0 Å². The highest BCUT2D eigenvalue weighted by molar-refractivity contribution is 6.08. The van der Waals surface area contributed by atoms with E-state index in [4.69, 9.17) is 0 Å². The van der Waals surface area contributed by atoms with Crippen molar-refractivity contribution in [2.24, 2.45) is 17.8 Å². The van der Waals surface area contributed by atoms with Crippen LogP contribution in [0.2, 0.25) is 0 Å². The summed E-state index contributed by atoms with van der Waals surface area (Å²) in [6.07, 6.45) is 7.81. The lowest BCUT2D eigenvalue weighted by Crippen LogP contribution is -2.38. The van der Waals surface area contributed by atoms with Gasteiger partial charge in [-0.25, -0.2) is 0 Å². The molecule has 0 radical (unpaired) electrons. The summed E-state index contributed by atoms with van der Waals surface area (Å²) in [4.78, 5) is 24.0. The third-order valence-electron chi connectivity index (χ3n) is 4.98. The van der Waals surface area contributed by atoms with E-state index in [-0.39, 0.29) is 23.4 Å². The van der Waals surface area contributed by atoms with Crippen LogP contribution in [0.3, 0.4) is 0 Å². The van der Waals surface area contributed by atoms with E-state index in [0.29, 0.717) is 5.92 Å². The van der Waals surface area contributed by atoms with Gasteiger partial charge in [0.25, 0.3) is 0 Å². The van der Waals surface area contributed by atoms with Crippen LogP contribution in [-0.4, -0.2) is 11.6 Å². The van der Waals surface area contributed by atoms with Crippen LogP contribution in [0, 0.1) is 17.8 Å². The molecule has 0 saturated carbocycles. The SMILES string of the molecule is O=C1C=CC(=O)C2CC3Cc4ccccc4CC3=CC12. The van der Waals surface area contributed by atoms with Gasteiger partial charge in [0, 0.05) is 5.92 Å². The molecule has 0 N–H and O–H groups in total. The van der Waals surface area contributed by atoms with Gasteiger partial charge in [0.2, 0.25) is 0 Å². The zero-order chi connectivity index (χ0) is 13.7. The Labute approximate surface area is 118 Å². The Balaban J connectivity index is 1.74. The molecule has 0 aliphatic heterocycles. The Hall–Kier alpha value is -1.96. The second-order valence-corrected chi connectivity index (χ2v) is 6.09. The molecule has 0 heterocycles. The molecule has 2 heteroatoms. The molecule has 0 spiro atoms. The summed E-state index contributed by atoms with van der Waals surface area (Å²) < 4.78 is 0. The molecule has 3 unspecified atom stereocenters. The molecule has 4 rings (SSSR count). The van der Waals surface area contributed by atoms with E-state index in [0.717, 1.165) is 19.3 Å². The van der Waals surface area contributed by atoms with Crippen molar-refractivity contribution in [1.82, 2.24) is 0 Å². The molecule has 3 aliphatic rings. The van der Waals surface area contributed by atoms with E-state index in [1.165, 1.54) is 28.9 Å². The fourth-order valence-electron chi connectivity index (χ4n) is 3.89. The third kappa shape index (κ3) is 1.71. The maximum atomic E-state index is 12.0. The first-order valence-corrected chi connectivity index (χ1v) is 7.25. The number of carbonyl (C=O) groups excluding carboxylic acids is 2. The van der Waals surface area contributed by atoms with Gasteiger partial charge in [-0.2, -0.15) is 0 Å². The minimum absolute atomic E-state index is 0.0967. The second kappa shape index (κ2) is 4.27. The zero-order valence-electron chi connectivity index (χ0n) is 11.2. The summed E-state index contributed by atoms with van der Waals surface area (Å²) in [6.45, 7) is 0. The van der Waals surface area contributed by atoms with Crippen LogP contribution in [0.5, 0.6) is 0 Å². The van der Waals surface area contributed by atoms with Crippen LogP contribution in [0.4, 0.5) is 0 Å². The highest BCUT2D eigenvalue weighted by Crippen LogP contribution is 2.42. The monoisotopic (exact) mass is 264 g/mol. The lowest BCUT2D eigenvalue weighted by atomic mass is 9.65. The maximum Gasteiger partial charge on any atom is 0.163 e. The standard InChI is InChI=1S/C18H16O2/c19-17-5-6-18(20)16-10-14-8-12-4-2-1-3-11(12)7-13(14)9-15(16)17/h1-6,9,14-16H,7-8,10H2. The molecule has 3 atom stereocenters. The summed E-state index contributed by atoms with van der Waals surface area (Å²) in [5.41, 5.74) is 4.14. The van der Waals surface area contributed by atoms with E-state index < -0.39 is 0 Å². The van der Waals surface area contributed by atoms with Crippen molar-refractivity contribution in [3.05, 3.63) is 59.2 Å². The molecule has 0 saturated heterocycles. The van der Waals surface area contributed by atoms with Gasteiger partial charge in [0.1, 0.15) is 0 Å². The van der Waals surface area contributed by atoms with Crippen LogP contribution >= 0.6 is 0 Å². The smallest absolute Gasteiger partial charge is 0.163 e. The first-order chi connectivity index (χ1) is 9.72. The summed E-state index contributed by atoms with van der Waals surface area (Å²) in [6, 6.07) is 8.51. The molecule has 1 aromatic carbocycles. The number of benzene rings is 1. The second-order valence-electron chi connectivity index (χ2n) is 6.09. The van der Waals surface area contributed by atoms with Crippen molar-refractivity contribution in [3.63, 3.8) is 0 Å². The van der Waals surface area contributed by atoms with E-state index in [1.54, 1.807) is 0 Å². The highest BCUT2D eigenvalue weighted by Gasteiger charge is 2.40. The number of fused-ring (bicyclic) bond motifs is 3. The molecule has 0 aromatic heterocycles. The summed E-state index contributed by atoms with van der Waals surface area (Å²) in [7, 11) is 0. The van der Waals surface area contributed by atoms with Crippen LogP contribution in [0.25, 0.3) is 0 Å². The molecule has 100 valence electrons. The molecule has 20 heavy (non-hydrogen) atoms. The van der Waals surface area contributed by atoms with Gasteiger partial charge in [0.15, 0.2) is 11.6 Å². The Morgan fingerprint density at radius 2 is 1.70 bits per heavy atom. The fourth-order valence-corrected chi connectivity index (χ4v) is 3.89. The Kier molecular flexibility index (Phi) is 2.53. The van der Waals surface area contributed by atoms with Gasteiger partial charge >= 0.3 is 0 Å². The molecular weight excluding hydrogens is 248 g/mol. The molecule has 1 aromatic rings. The Morgan fingerprint density at radius 3 is 2.55 bits per heavy atom. The number of ketones is 2. The quantitative estimate of drug-likeness (QED) is 0.675. The van der Waals surface area contributed by atoms with Gasteiger partial charge in [-0.15, -0.1) is 0 Å². The van der Waals surface area contributed by atoms with Gasteiger partial charge in [-0.3, -0.25) is 9.59 Å². The molecule has 3 aliphatic carbocycles. The van der Waals surface area contributed by atoms with Crippen LogP contribution < -0.4 is 0 Å². The molecule has 0 bridgehead atoms. The third-order valence-corrected chi connectivity index (χ3v) is 4.98. The summed E-state index contributed by atoms with van der Waals surface area (Å²) in [5, 5.41) is 0. The lowest BCUT2D eigenvalue weighted by molar-refractivity contribution is -0.128. The van der Waals surface area contributed by atoms with Crippen molar-refractivity contribution in [1.29, 1.82) is 0 Å². The van der Waals surface area contributed by atoms with Crippen molar-refractivity contribution in [2.45, 2.75) is 19.3 Å². The number of allylic oxidation sites excluding steroid dienone is 4. The van der Waals surface area contributed by atoms with Crippen molar-refractivity contribution < 1.29 is 9.59 Å². The van der Waals surface area contributed by atoms with Crippen LogP contribution in [0.15, 0.2) is 48.1 Å². The molecular formula is C18H16O2. The summed E-state index contributed by atoms with van der Waals surface area (Å²) >= 11 is 0. The normalized spacial score (nSPS) is 31.2. The van der Waals surface area contributed by atoms with E-state index in [1.807, 2.05) is 0 Å². The topological polar surface area (TPSA) is 34.1 Å². The number of rotatable bonds is 0.